The molecule has 1 aliphatic heterocycles. The van der Waals surface area contributed by atoms with Crippen LogP contribution in [0.15, 0.2) is 18.2 Å². The maximum absolute atomic E-state index is 2.43. The smallest absolute Gasteiger partial charge is 0.147 e. The van der Waals surface area contributed by atoms with Crippen molar-refractivity contribution in [3.05, 3.63) is 29.3 Å². The van der Waals surface area contributed by atoms with Gasteiger partial charge in [-0.2, -0.15) is 0 Å². The van der Waals surface area contributed by atoms with Gasteiger partial charge in [-0.15, -0.1) is 12.4 Å². The summed E-state index contributed by atoms with van der Waals surface area (Å²) in [5, 5.41) is 0. The largest absolute Gasteiger partial charge is 0.147 e. The number of rotatable bonds is 0. The van der Waals surface area contributed by atoms with Gasteiger partial charge >= 0.3 is 88.4 Å². The quantitative estimate of drug-likeness (QED) is 0.631. The minimum atomic E-state index is 0. The van der Waals surface area contributed by atoms with Crippen LogP contribution >= 0.6 is 12.4 Å². The SMILES string of the molecule is CC1Cc2ccc([AsH2])cc2CN1C.Cl. The van der Waals surface area contributed by atoms with Crippen LogP contribution in [0.3, 0.4) is 0 Å². The Morgan fingerprint density at radius 3 is 2.79 bits per heavy atom. The third-order valence-electron chi connectivity index (χ3n) is 2.92. The molecule has 1 aromatic rings. The Labute approximate surface area is 101 Å². The fraction of sp³-hybridized carbons (Fsp3) is 0.455. The van der Waals surface area contributed by atoms with Crippen molar-refractivity contribution in [1.29, 1.82) is 0 Å². The van der Waals surface area contributed by atoms with Crippen LogP contribution in [0, 0.1) is 0 Å². The fourth-order valence-electron chi connectivity index (χ4n) is 1.89. The summed E-state index contributed by atoms with van der Waals surface area (Å²) in [6.45, 7) is 3.42. The van der Waals surface area contributed by atoms with E-state index >= 15 is 0 Å². The summed E-state index contributed by atoms with van der Waals surface area (Å²) < 4.78 is 1.44. The van der Waals surface area contributed by atoms with E-state index in [1.165, 1.54) is 16.3 Å². The van der Waals surface area contributed by atoms with Crippen LogP contribution in [-0.4, -0.2) is 34.8 Å². The van der Waals surface area contributed by atoms with Gasteiger partial charge in [-0.25, -0.2) is 0 Å². The zero-order valence-corrected chi connectivity index (χ0v) is 11.9. The van der Waals surface area contributed by atoms with Gasteiger partial charge in [0.05, 0.1) is 0 Å². The minimum Gasteiger partial charge on any atom is -0.147 e. The molecule has 0 spiro atoms. The molecule has 0 saturated carbocycles. The van der Waals surface area contributed by atoms with Crippen molar-refractivity contribution in [3.63, 3.8) is 0 Å². The molecule has 1 aliphatic rings. The molecule has 3 heteroatoms. The van der Waals surface area contributed by atoms with E-state index in [1.54, 1.807) is 22.4 Å². The van der Waals surface area contributed by atoms with Gasteiger partial charge in [-0.05, 0) is 0 Å². The number of hydrogen-bond acceptors (Lipinski definition) is 1. The van der Waals surface area contributed by atoms with E-state index in [2.05, 4.69) is 37.1 Å². The van der Waals surface area contributed by atoms with Crippen LogP contribution in [0.25, 0.3) is 0 Å². The summed E-state index contributed by atoms with van der Waals surface area (Å²) in [6.07, 6.45) is 1.21. The first kappa shape index (κ1) is 12.1. The summed E-state index contributed by atoms with van der Waals surface area (Å²) in [5.41, 5.74) is 3.08. The minimum absolute atomic E-state index is 0. The van der Waals surface area contributed by atoms with E-state index in [0.29, 0.717) is 6.04 Å². The van der Waals surface area contributed by atoms with Crippen molar-refractivity contribution < 1.29 is 0 Å². The molecule has 78 valence electrons. The summed E-state index contributed by atoms with van der Waals surface area (Å²) in [6, 6.07) is 7.59. The summed E-state index contributed by atoms with van der Waals surface area (Å²) >= 11 is 1.72. The molecule has 0 saturated heterocycles. The molecule has 0 aliphatic carbocycles. The Morgan fingerprint density at radius 1 is 1.36 bits per heavy atom. The van der Waals surface area contributed by atoms with Gasteiger partial charge in [0.1, 0.15) is 0 Å². The average Bonchev–Trinajstić information content (AvgIpc) is 2.08. The Balaban J connectivity index is 0.000000980. The van der Waals surface area contributed by atoms with Crippen molar-refractivity contribution in [2.24, 2.45) is 0 Å². The number of nitrogens with zero attached hydrogens (tertiary/aromatic N) is 1. The molecule has 0 N–H and O–H groups in total. The van der Waals surface area contributed by atoms with Crippen molar-refractivity contribution in [2.75, 3.05) is 7.05 Å². The Kier molecular flexibility index (Phi) is 4.06. The van der Waals surface area contributed by atoms with E-state index in [9.17, 15) is 0 Å². The van der Waals surface area contributed by atoms with E-state index in [-0.39, 0.29) is 12.4 Å². The molecule has 14 heavy (non-hydrogen) atoms. The second-order valence-corrected chi connectivity index (χ2v) is 5.40. The molecule has 0 bridgehead atoms. The molecule has 1 aromatic carbocycles. The normalized spacial score (nSPS) is 21.2. The van der Waals surface area contributed by atoms with Gasteiger partial charge in [0, 0.05) is 0 Å². The molecule has 0 amide bonds. The van der Waals surface area contributed by atoms with Crippen molar-refractivity contribution >= 4 is 33.6 Å². The monoisotopic (exact) mass is 273 g/mol. The first-order chi connectivity index (χ1) is 6.16. The molecule has 2 atom stereocenters. The van der Waals surface area contributed by atoms with E-state index in [4.69, 9.17) is 0 Å². The van der Waals surface area contributed by atoms with E-state index in [0.717, 1.165) is 6.54 Å². The van der Waals surface area contributed by atoms with Gasteiger partial charge in [-0.1, -0.05) is 0 Å². The van der Waals surface area contributed by atoms with Crippen LogP contribution in [-0.2, 0) is 13.0 Å². The van der Waals surface area contributed by atoms with Gasteiger partial charge < -0.3 is 0 Å². The van der Waals surface area contributed by atoms with Crippen LogP contribution in [0.4, 0.5) is 0 Å². The van der Waals surface area contributed by atoms with Crippen LogP contribution in [0.1, 0.15) is 18.1 Å². The summed E-state index contributed by atoms with van der Waals surface area (Å²) in [7, 11) is 2.21. The second kappa shape index (κ2) is 4.70. The third-order valence-corrected chi connectivity index (χ3v) is 3.67. The fourth-order valence-corrected chi connectivity index (χ4v) is 2.51. The predicted octanol–water partition coefficient (Wildman–Crippen LogP) is 0.743. The maximum Gasteiger partial charge on any atom is -0.147 e. The molecule has 2 rings (SSSR count). The Bertz CT molecular complexity index is 327. The molecule has 1 nitrogen and oxygen atoms in total. The molecular weight excluding hydrogens is 257 g/mol. The van der Waals surface area contributed by atoms with E-state index in [1.807, 2.05) is 0 Å². The van der Waals surface area contributed by atoms with Crippen LogP contribution in [0.5, 0.6) is 0 Å². The van der Waals surface area contributed by atoms with Crippen LogP contribution < -0.4 is 4.35 Å². The van der Waals surface area contributed by atoms with Gasteiger partial charge in [-0.3, -0.25) is 0 Å². The van der Waals surface area contributed by atoms with Gasteiger partial charge in [0.2, 0.25) is 0 Å². The summed E-state index contributed by atoms with van der Waals surface area (Å²) in [4.78, 5) is 2.43. The van der Waals surface area contributed by atoms with Gasteiger partial charge in [0.25, 0.3) is 0 Å². The number of hydrogen-bond donors (Lipinski definition) is 0. The number of likely N-dealkylation sites (N-methyl/N-ethyl adjacent to an activating group) is 1. The van der Waals surface area contributed by atoms with Gasteiger partial charge in [0.15, 0.2) is 0 Å². The number of halogens is 1. The maximum atomic E-state index is 2.43. The zero-order chi connectivity index (χ0) is 9.42. The number of benzene rings is 1. The van der Waals surface area contributed by atoms with Crippen molar-refractivity contribution in [3.8, 4) is 0 Å². The van der Waals surface area contributed by atoms with Crippen molar-refractivity contribution in [1.82, 2.24) is 4.90 Å². The molecule has 0 radical (unpaired) electrons. The second-order valence-electron chi connectivity index (χ2n) is 4.00. The molecular formula is C11H17AsClN. The first-order valence-corrected chi connectivity index (χ1v) is 5.95. The molecule has 2 unspecified atom stereocenters. The molecule has 0 aromatic heterocycles. The third kappa shape index (κ3) is 2.34. The van der Waals surface area contributed by atoms with Crippen molar-refractivity contribution in [2.45, 2.75) is 25.9 Å². The zero-order valence-electron chi connectivity index (χ0n) is 8.66. The van der Waals surface area contributed by atoms with E-state index < -0.39 is 0 Å². The Hall–Kier alpha value is 0.0284. The topological polar surface area (TPSA) is 3.24 Å². The molecule has 0 fully saturated rings. The Morgan fingerprint density at radius 2 is 2.07 bits per heavy atom. The van der Waals surface area contributed by atoms with Crippen LogP contribution in [0.2, 0.25) is 0 Å². The predicted molar refractivity (Wildman–Crippen MR) is 66.5 cm³/mol. The summed E-state index contributed by atoms with van der Waals surface area (Å²) in [5.74, 6) is 0. The first-order valence-electron chi connectivity index (χ1n) is 4.74. The molecule has 1 heterocycles. The standard InChI is InChI=1S/C11H16AsN.ClH/c1-8-5-9-3-4-11(12)6-10(9)7-13(8)2;/h3-4,6,8H,5,7,12H2,1-2H3;1H. The number of fused-ring (bicyclic) bond motifs is 1. The average molecular weight is 274 g/mol.